The number of amides is 1. The Bertz CT molecular complexity index is 708. The van der Waals surface area contributed by atoms with Gasteiger partial charge in [-0.3, -0.25) is 9.89 Å². The van der Waals surface area contributed by atoms with Crippen molar-refractivity contribution in [3.63, 3.8) is 0 Å². The van der Waals surface area contributed by atoms with Crippen LogP contribution in [0.25, 0.3) is 0 Å². The van der Waals surface area contributed by atoms with Crippen LogP contribution < -0.4 is 10.5 Å². The van der Waals surface area contributed by atoms with E-state index in [-0.39, 0.29) is 10.6 Å². The summed E-state index contributed by atoms with van der Waals surface area (Å²) in [4.78, 5) is 11.8. The number of benzene rings is 1. The van der Waals surface area contributed by atoms with E-state index in [0.29, 0.717) is 5.69 Å². The summed E-state index contributed by atoms with van der Waals surface area (Å²) in [5.74, 6) is -0.410. The number of nitrogens with two attached hydrogens (primary N) is 1. The number of anilines is 1. The zero-order chi connectivity index (χ0) is 14.0. The second-order valence-electron chi connectivity index (χ2n) is 3.95. The van der Waals surface area contributed by atoms with Crippen molar-refractivity contribution in [1.82, 2.24) is 10.2 Å². The number of primary sulfonamides is 1. The fraction of sp³-hybridized carbons (Fsp3) is 0.0909. The second-order valence-corrected chi connectivity index (χ2v) is 5.51. The van der Waals surface area contributed by atoms with Crippen molar-refractivity contribution in [2.45, 2.75) is 11.8 Å². The summed E-state index contributed by atoms with van der Waals surface area (Å²) in [7, 11) is -3.80. The Morgan fingerprint density at radius 3 is 2.68 bits per heavy atom. The molecule has 0 radical (unpaired) electrons. The molecule has 0 atom stereocenters. The van der Waals surface area contributed by atoms with E-state index in [4.69, 9.17) is 5.14 Å². The molecule has 2 aromatic rings. The van der Waals surface area contributed by atoms with Crippen molar-refractivity contribution < 1.29 is 13.2 Å². The van der Waals surface area contributed by atoms with Gasteiger partial charge in [-0.2, -0.15) is 5.10 Å². The maximum absolute atomic E-state index is 11.8. The third kappa shape index (κ3) is 2.98. The van der Waals surface area contributed by atoms with Crippen LogP contribution >= 0.6 is 0 Å². The molecule has 2 rings (SSSR count). The third-order valence-electron chi connectivity index (χ3n) is 2.53. The fourth-order valence-electron chi connectivity index (χ4n) is 1.48. The Morgan fingerprint density at radius 1 is 1.37 bits per heavy atom. The normalized spacial score (nSPS) is 11.3. The lowest BCUT2D eigenvalue weighted by atomic mass is 10.2. The molecule has 100 valence electrons. The minimum absolute atomic E-state index is 0.0574. The minimum Gasteiger partial charge on any atom is -0.320 e. The Hall–Kier alpha value is -2.19. The molecular formula is C11H12N4O3S. The zero-order valence-electron chi connectivity index (χ0n) is 10.0. The smallest absolute Gasteiger partial charge is 0.273 e. The first kappa shape index (κ1) is 13.2. The maximum atomic E-state index is 11.8. The van der Waals surface area contributed by atoms with Gasteiger partial charge in [0.05, 0.1) is 4.90 Å². The zero-order valence-corrected chi connectivity index (χ0v) is 10.9. The number of carbonyl (C=O) groups is 1. The number of nitrogens with one attached hydrogen (secondary N) is 2. The highest BCUT2D eigenvalue weighted by atomic mass is 32.2. The van der Waals surface area contributed by atoms with Crippen molar-refractivity contribution in [3.8, 4) is 0 Å². The number of sulfonamides is 1. The molecule has 0 unspecified atom stereocenters. The second kappa shape index (κ2) is 4.82. The molecule has 1 amide bonds. The molecule has 1 heterocycles. The average molecular weight is 280 g/mol. The maximum Gasteiger partial charge on any atom is 0.273 e. The van der Waals surface area contributed by atoms with E-state index in [1.54, 1.807) is 13.0 Å². The molecule has 19 heavy (non-hydrogen) atoms. The Kier molecular flexibility index (Phi) is 3.36. The van der Waals surface area contributed by atoms with Crippen LogP contribution in [-0.2, 0) is 10.0 Å². The summed E-state index contributed by atoms with van der Waals surface area (Å²) >= 11 is 0. The number of aryl methyl sites for hydroxylation is 1. The minimum atomic E-state index is -3.80. The lowest BCUT2D eigenvalue weighted by Crippen LogP contribution is -2.16. The number of hydrogen-bond donors (Lipinski definition) is 3. The summed E-state index contributed by atoms with van der Waals surface area (Å²) < 4.78 is 22.5. The van der Waals surface area contributed by atoms with Crippen LogP contribution in [0.2, 0.25) is 0 Å². The standard InChI is InChI=1S/C11H12N4O3S/c1-7-2-3-8(19(12,17)18)6-10(7)14-11(16)9-4-5-13-15-9/h2-6H,1H3,(H,13,15)(H,14,16)(H2,12,17,18). The topological polar surface area (TPSA) is 118 Å². The van der Waals surface area contributed by atoms with Gasteiger partial charge in [-0.15, -0.1) is 0 Å². The van der Waals surface area contributed by atoms with E-state index in [0.717, 1.165) is 5.56 Å². The van der Waals surface area contributed by atoms with E-state index in [1.807, 2.05) is 0 Å². The Labute approximate surface area is 109 Å². The van der Waals surface area contributed by atoms with Crippen LogP contribution in [0.15, 0.2) is 35.4 Å². The number of rotatable bonds is 3. The number of aromatic amines is 1. The SMILES string of the molecule is Cc1ccc(S(N)(=O)=O)cc1NC(=O)c1ccn[nH]1. The molecule has 0 fully saturated rings. The molecule has 7 nitrogen and oxygen atoms in total. The summed E-state index contributed by atoms with van der Waals surface area (Å²) in [5.41, 5.74) is 1.38. The van der Waals surface area contributed by atoms with Crippen LogP contribution in [0.3, 0.4) is 0 Å². The van der Waals surface area contributed by atoms with Gasteiger partial charge >= 0.3 is 0 Å². The van der Waals surface area contributed by atoms with Crippen LogP contribution in [0.5, 0.6) is 0 Å². The molecule has 0 bridgehead atoms. The third-order valence-corrected chi connectivity index (χ3v) is 3.44. The molecule has 0 saturated heterocycles. The van der Waals surface area contributed by atoms with Gasteiger partial charge < -0.3 is 5.32 Å². The molecule has 0 aliphatic heterocycles. The number of hydrogen-bond acceptors (Lipinski definition) is 4. The summed E-state index contributed by atoms with van der Waals surface area (Å²) in [5, 5.41) is 13.8. The highest BCUT2D eigenvalue weighted by Gasteiger charge is 2.13. The molecule has 0 spiro atoms. The predicted molar refractivity (Wildman–Crippen MR) is 69.1 cm³/mol. The molecule has 1 aromatic carbocycles. The van der Waals surface area contributed by atoms with Crippen molar-refractivity contribution in [1.29, 1.82) is 0 Å². The monoisotopic (exact) mass is 280 g/mol. The fourth-order valence-corrected chi connectivity index (χ4v) is 2.02. The number of H-pyrrole nitrogens is 1. The van der Waals surface area contributed by atoms with E-state index >= 15 is 0 Å². The number of carbonyl (C=O) groups excluding carboxylic acids is 1. The quantitative estimate of drug-likeness (QED) is 0.763. The highest BCUT2D eigenvalue weighted by Crippen LogP contribution is 2.19. The summed E-state index contributed by atoms with van der Waals surface area (Å²) in [6.07, 6.45) is 1.45. The molecular weight excluding hydrogens is 268 g/mol. The average Bonchev–Trinajstić information content (AvgIpc) is 2.84. The largest absolute Gasteiger partial charge is 0.320 e. The lowest BCUT2D eigenvalue weighted by molar-refractivity contribution is 0.102. The first-order chi connectivity index (χ1) is 8.88. The van der Waals surface area contributed by atoms with Gasteiger partial charge in [-0.1, -0.05) is 6.07 Å². The lowest BCUT2D eigenvalue weighted by Gasteiger charge is -2.09. The summed E-state index contributed by atoms with van der Waals surface area (Å²) in [6, 6.07) is 5.78. The van der Waals surface area contributed by atoms with Crippen molar-refractivity contribution in [3.05, 3.63) is 41.7 Å². The van der Waals surface area contributed by atoms with Gasteiger partial charge in [0.15, 0.2) is 0 Å². The van der Waals surface area contributed by atoms with E-state index in [2.05, 4.69) is 15.5 Å². The molecule has 8 heteroatoms. The van der Waals surface area contributed by atoms with Crippen LogP contribution in [-0.4, -0.2) is 24.5 Å². The molecule has 0 aliphatic carbocycles. The summed E-state index contributed by atoms with van der Waals surface area (Å²) in [6.45, 7) is 1.75. The highest BCUT2D eigenvalue weighted by molar-refractivity contribution is 7.89. The van der Waals surface area contributed by atoms with E-state index < -0.39 is 15.9 Å². The van der Waals surface area contributed by atoms with Gasteiger partial charge in [-0.05, 0) is 30.7 Å². The number of nitrogens with zero attached hydrogens (tertiary/aromatic N) is 1. The van der Waals surface area contributed by atoms with Crippen LogP contribution in [0.1, 0.15) is 16.1 Å². The van der Waals surface area contributed by atoms with Gasteiger partial charge in [0.2, 0.25) is 10.0 Å². The molecule has 4 N–H and O–H groups in total. The first-order valence-corrected chi connectivity index (χ1v) is 6.87. The van der Waals surface area contributed by atoms with Crippen LogP contribution in [0.4, 0.5) is 5.69 Å². The molecule has 0 saturated carbocycles. The van der Waals surface area contributed by atoms with Gasteiger partial charge in [0.25, 0.3) is 5.91 Å². The van der Waals surface area contributed by atoms with Crippen LogP contribution in [0, 0.1) is 6.92 Å². The first-order valence-electron chi connectivity index (χ1n) is 5.32. The predicted octanol–water partition coefficient (Wildman–Crippen LogP) is 0.618. The number of aromatic nitrogens is 2. The Balaban J connectivity index is 2.32. The van der Waals surface area contributed by atoms with E-state index in [1.165, 1.54) is 24.4 Å². The van der Waals surface area contributed by atoms with Crippen molar-refractivity contribution >= 4 is 21.6 Å². The molecule has 0 aliphatic rings. The van der Waals surface area contributed by atoms with Gasteiger partial charge in [0, 0.05) is 11.9 Å². The van der Waals surface area contributed by atoms with Gasteiger partial charge in [-0.25, -0.2) is 13.6 Å². The van der Waals surface area contributed by atoms with Crippen molar-refractivity contribution in [2.75, 3.05) is 5.32 Å². The van der Waals surface area contributed by atoms with E-state index in [9.17, 15) is 13.2 Å². The molecule has 1 aromatic heterocycles. The van der Waals surface area contributed by atoms with Crippen molar-refractivity contribution in [2.24, 2.45) is 5.14 Å². The Morgan fingerprint density at radius 2 is 2.11 bits per heavy atom. The van der Waals surface area contributed by atoms with Gasteiger partial charge in [0.1, 0.15) is 5.69 Å².